The molecule has 114 valence electrons. The normalized spacial score (nSPS) is 11.7. The topological polar surface area (TPSA) is 98.7 Å². The van der Waals surface area contributed by atoms with E-state index >= 15 is 0 Å². The number of rotatable bonds is 8. The van der Waals surface area contributed by atoms with Gasteiger partial charge in [-0.2, -0.15) is 0 Å². The summed E-state index contributed by atoms with van der Waals surface area (Å²) in [6, 6.07) is 2.73. The van der Waals surface area contributed by atoms with Gasteiger partial charge in [0.1, 0.15) is 4.90 Å². The molecule has 0 atom stereocenters. The molecule has 0 aliphatic carbocycles. The van der Waals surface area contributed by atoms with Crippen LogP contribution in [-0.4, -0.2) is 31.7 Å². The van der Waals surface area contributed by atoms with E-state index < -0.39 is 21.5 Å². The maximum atomic E-state index is 12.0. The number of nitrogens with one attached hydrogen (secondary N) is 2. The lowest BCUT2D eigenvalue weighted by Gasteiger charge is -2.11. The highest BCUT2D eigenvalue weighted by Gasteiger charge is 2.21. The Balaban J connectivity index is 3.05. The number of sulfonamides is 1. The van der Waals surface area contributed by atoms with Gasteiger partial charge in [-0.15, -0.1) is 0 Å². The van der Waals surface area contributed by atoms with Gasteiger partial charge in [0, 0.05) is 13.1 Å². The molecule has 0 aromatic heterocycles. The molecule has 6 nitrogen and oxygen atoms in total. The summed E-state index contributed by atoms with van der Waals surface area (Å²) in [5.41, 5.74) is 0.602. The van der Waals surface area contributed by atoms with Crippen molar-refractivity contribution in [3.63, 3.8) is 0 Å². The molecule has 0 spiro atoms. The van der Waals surface area contributed by atoms with Crippen LogP contribution in [0.25, 0.3) is 0 Å². The van der Waals surface area contributed by atoms with Gasteiger partial charge in [-0.1, -0.05) is 13.8 Å². The Kier molecular flexibility index (Phi) is 6.25. The van der Waals surface area contributed by atoms with Crippen molar-refractivity contribution >= 4 is 10.0 Å². The molecule has 7 heteroatoms. The van der Waals surface area contributed by atoms with Crippen molar-refractivity contribution < 1.29 is 18.6 Å². The van der Waals surface area contributed by atoms with Crippen molar-refractivity contribution in [3.8, 4) is 11.5 Å². The summed E-state index contributed by atoms with van der Waals surface area (Å²) in [5.74, 6) is -1.05. The smallest absolute Gasteiger partial charge is 0.244 e. The minimum absolute atomic E-state index is 0.279. The summed E-state index contributed by atoms with van der Waals surface area (Å²) in [7, 11) is -3.82. The van der Waals surface area contributed by atoms with Crippen molar-refractivity contribution in [1.82, 2.24) is 10.0 Å². The predicted octanol–water partition coefficient (Wildman–Crippen LogP) is 1.29. The summed E-state index contributed by atoms with van der Waals surface area (Å²) in [4.78, 5) is -0.292. The van der Waals surface area contributed by atoms with Gasteiger partial charge in [0.2, 0.25) is 10.0 Å². The number of aromatic hydroxyl groups is 2. The Morgan fingerprint density at radius 3 is 2.35 bits per heavy atom. The molecule has 4 N–H and O–H groups in total. The molecule has 1 rings (SSSR count). The molecular formula is C13H22N2O4S. The first kappa shape index (κ1) is 16.7. The molecule has 0 radical (unpaired) electrons. The van der Waals surface area contributed by atoms with E-state index in [1.807, 2.05) is 13.8 Å². The second kappa shape index (κ2) is 7.47. The van der Waals surface area contributed by atoms with Crippen LogP contribution in [0.1, 0.15) is 32.3 Å². The van der Waals surface area contributed by atoms with Crippen LogP contribution in [0.2, 0.25) is 0 Å². The summed E-state index contributed by atoms with van der Waals surface area (Å²) in [6.45, 7) is 5.35. The third-order valence-electron chi connectivity index (χ3n) is 2.70. The second-order valence-electron chi connectivity index (χ2n) is 4.54. The second-order valence-corrected chi connectivity index (χ2v) is 6.27. The Morgan fingerprint density at radius 1 is 1.10 bits per heavy atom. The number of hydrogen-bond acceptors (Lipinski definition) is 5. The van der Waals surface area contributed by atoms with Gasteiger partial charge in [-0.05, 0) is 37.1 Å². The largest absolute Gasteiger partial charge is 0.504 e. The molecule has 0 heterocycles. The van der Waals surface area contributed by atoms with E-state index in [-0.39, 0.29) is 11.4 Å². The van der Waals surface area contributed by atoms with Crippen molar-refractivity contribution in [2.75, 3.05) is 13.1 Å². The van der Waals surface area contributed by atoms with Gasteiger partial charge >= 0.3 is 0 Å². The van der Waals surface area contributed by atoms with Crippen molar-refractivity contribution in [3.05, 3.63) is 17.7 Å². The van der Waals surface area contributed by atoms with Crippen LogP contribution < -0.4 is 10.0 Å². The molecule has 0 saturated carbocycles. The number of benzene rings is 1. The van der Waals surface area contributed by atoms with Gasteiger partial charge < -0.3 is 15.5 Å². The van der Waals surface area contributed by atoms with E-state index in [2.05, 4.69) is 10.0 Å². The Hall–Kier alpha value is -1.31. The van der Waals surface area contributed by atoms with E-state index in [4.69, 9.17) is 0 Å². The highest BCUT2D eigenvalue weighted by atomic mass is 32.2. The van der Waals surface area contributed by atoms with E-state index in [9.17, 15) is 18.6 Å². The fourth-order valence-corrected chi connectivity index (χ4v) is 2.97. The molecule has 20 heavy (non-hydrogen) atoms. The van der Waals surface area contributed by atoms with Crippen LogP contribution in [0, 0.1) is 0 Å². The molecule has 0 saturated heterocycles. The van der Waals surface area contributed by atoms with Gasteiger partial charge in [0.15, 0.2) is 11.5 Å². The van der Waals surface area contributed by atoms with Crippen LogP contribution in [-0.2, 0) is 16.6 Å². The quantitative estimate of drug-likeness (QED) is 0.428. The summed E-state index contributed by atoms with van der Waals surface area (Å²) in [5, 5.41) is 22.5. The minimum atomic E-state index is -3.82. The van der Waals surface area contributed by atoms with Crippen molar-refractivity contribution in [2.45, 2.75) is 38.1 Å². The lowest BCUT2D eigenvalue weighted by Crippen LogP contribution is -2.24. The van der Waals surface area contributed by atoms with Gasteiger partial charge in [-0.3, -0.25) is 0 Å². The van der Waals surface area contributed by atoms with Crippen molar-refractivity contribution in [1.29, 1.82) is 0 Å². The summed E-state index contributed by atoms with van der Waals surface area (Å²) in [6.07, 6.45) is 1.59. The van der Waals surface area contributed by atoms with E-state index in [1.54, 1.807) is 0 Å². The minimum Gasteiger partial charge on any atom is -0.504 e. The zero-order chi connectivity index (χ0) is 15.2. The van der Waals surface area contributed by atoms with Crippen LogP contribution >= 0.6 is 0 Å². The zero-order valence-corrected chi connectivity index (χ0v) is 12.6. The predicted molar refractivity (Wildman–Crippen MR) is 77.2 cm³/mol. The molecule has 0 amide bonds. The lowest BCUT2D eigenvalue weighted by atomic mass is 10.2. The Morgan fingerprint density at radius 2 is 1.75 bits per heavy atom. The number of hydrogen-bond donors (Lipinski definition) is 4. The monoisotopic (exact) mass is 302 g/mol. The van der Waals surface area contributed by atoms with Crippen LogP contribution in [0.5, 0.6) is 11.5 Å². The fourth-order valence-electron chi connectivity index (χ4n) is 1.68. The van der Waals surface area contributed by atoms with Gasteiger partial charge in [0.05, 0.1) is 0 Å². The summed E-state index contributed by atoms with van der Waals surface area (Å²) >= 11 is 0. The van der Waals surface area contributed by atoms with Crippen LogP contribution in [0.4, 0.5) is 0 Å². The standard InChI is InChI=1S/C13H22N2O4S/c1-3-5-14-9-10-7-11(16)13(17)12(8-10)20(18,19)15-6-4-2/h7-8,14-17H,3-6,9H2,1-2H3. The van der Waals surface area contributed by atoms with Crippen LogP contribution in [0.3, 0.4) is 0 Å². The zero-order valence-electron chi connectivity index (χ0n) is 11.8. The molecule has 0 aliphatic heterocycles. The number of phenolic OH excluding ortho intramolecular Hbond substituents is 2. The van der Waals surface area contributed by atoms with Gasteiger partial charge in [0.25, 0.3) is 0 Å². The van der Waals surface area contributed by atoms with Crippen molar-refractivity contribution in [2.24, 2.45) is 0 Å². The average molecular weight is 302 g/mol. The number of phenols is 2. The Labute approximate surface area is 119 Å². The molecule has 0 bridgehead atoms. The molecule has 1 aromatic rings. The van der Waals surface area contributed by atoms with Gasteiger partial charge in [-0.25, -0.2) is 13.1 Å². The van der Waals surface area contributed by atoms with E-state index in [0.29, 0.717) is 18.5 Å². The average Bonchev–Trinajstić information content (AvgIpc) is 2.40. The maximum Gasteiger partial charge on any atom is 0.244 e. The van der Waals surface area contributed by atoms with E-state index in [1.165, 1.54) is 12.1 Å². The third kappa shape index (κ3) is 4.36. The maximum absolute atomic E-state index is 12.0. The first-order chi connectivity index (χ1) is 9.42. The molecule has 0 fully saturated rings. The highest BCUT2D eigenvalue weighted by molar-refractivity contribution is 7.89. The fraction of sp³-hybridized carbons (Fsp3) is 0.538. The van der Waals surface area contributed by atoms with E-state index in [0.717, 1.165) is 13.0 Å². The molecular weight excluding hydrogens is 280 g/mol. The van der Waals surface area contributed by atoms with Crippen LogP contribution in [0.15, 0.2) is 17.0 Å². The summed E-state index contributed by atoms with van der Waals surface area (Å²) < 4.78 is 26.5. The molecule has 1 aromatic carbocycles. The lowest BCUT2D eigenvalue weighted by molar-refractivity contribution is 0.391. The highest BCUT2D eigenvalue weighted by Crippen LogP contribution is 2.33. The Bertz CT molecular complexity index is 544. The first-order valence-corrected chi connectivity index (χ1v) is 8.16. The molecule has 0 aliphatic rings. The SMILES string of the molecule is CCCNCc1cc(O)c(O)c(S(=O)(=O)NCCC)c1. The molecule has 0 unspecified atom stereocenters. The first-order valence-electron chi connectivity index (χ1n) is 6.67. The third-order valence-corrected chi connectivity index (χ3v) is 4.18.